The number of amides is 1. The molecule has 1 saturated carbocycles. The fourth-order valence-corrected chi connectivity index (χ4v) is 3.51. The predicted molar refractivity (Wildman–Crippen MR) is 85.7 cm³/mol. The second-order valence-corrected chi connectivity index (χ2v) is 6.45. The monoisotopic (exact) mass is 282 g/mol. The van der Waals surface area contributed by atoms with Crippen LogP contribution in [0.1, 0.15) is 71.6 Å². The molecule has 1 rings (SSSR count). The summed E-state index contributed by atoms with van der Waals surface area (Å²) >= 11 is 0. The topological polar surface area (TPSA) is 41.1 Å². The maximum absolute atomic E-state index is 12.1. The third-order valence-corrected chi connectivity index (χ3v) is 4.72. The quantitative estimate of drug-likeness (QED) is 0.636. The number of carbonyl (C=O) groups excluding carboxylic acids is 1. The highest BCUT2D eigenvalue weighted by atomic mass is 16.1. The summed E-state index contributed by atoms with van der Waals surface area (Å²) in [5, 5.41) is 6.46. The van der Waals surface area contributed by atoms with Gasteiger partial charge in [0.1, 0.15) is 0 Å². The molecule has 3 nitrogen and oxygen atoms in total. The van der Waals surface area contributed by atoms with Gasteiger partial charge >= 0.3 is 0 Å². The normalized spacial score (nSPS) is 24.4. The smallest absolute Gasteiger partial charge is 0.220 e. The van der Waals surface area contributed by atoms with Crippen LogP contribution in [-0.4, -0.2) is 25.5 Å². The van der Waals surface area contributed by atoms with Crippen molar-refractivity contribution in [2.75, 3.05) is 13.6 Å². The Morgan fingerprint density at radius 2 is 2.00 bits per heavy atom. The summed E-state index contributed by atoms with van der Waals surface area (Å²) in [7, 11) is 1.96. The molecule has 3 unspecified atom stereocenters. The van der Waals surface area contributed by atoms with Crippen LogP contribution in [0, 0.1) is 11.8 Å². The molecular weight excluding hydrogens is 248 g/mol. The van der Waals surface area contributed by atoms with E-state index in [-0.39, 0.29) is 5.91 Å². The van der Waals surface area contributed by atoms with Gasteiger partial charge in [-0.05, 0) is 51.1 Å². The lowest BCUT2D eigenvalue weighted by molar-refractivity contribution is -0.122. The summed E-state index contributed by atoms with van der Waals surface area (Å²) in [6.07, 6.45) is 10.4. The summed E-state index contributed by atoms with van der Waals surface area (Å²) in [5.74, 6) is 1.73. The SMILES string of the molecule is CCCC(NC(=O)CCCCNC)C1CCCCC1C. The van der Waals surface area contributed by atoms with E-state index in [9.17, 15) is 4.79 Å². The van der Waals surface area contributed by atoms with Crippen LogP contribution in [0.3, 0.4) is 0 Å². The zero-order valence-corrected chi connectivity index (χ0v) is 13.7. The molecule has 1 aliphatic carbocycles. The first-order valence-electron chi connectivity index (χ1n) is 8.63. The summed E-state index contributed by atoms with van der Waals surface area (Å²) in [5.41, 5.74) is 0. The van der Waals surface area contributed by atoms with Crippen LogP contribution in [0.25, 0.3) is 0 Å². The Labute approximate surface area is 125 Å². The molecular formula is C17H34N2O. The van der Waals surface area contributed by atoms with E-state index in [2.05, 4.69) is 24.5 Å². The molecule has 0 aromatic heterocycles. The fourth-order valence-electron chi connectivity index (χ4n) is 3.51. The number of unbranched alkanes of at least 4 members (excludes halogenated alkanes) is 1. The number of carbonyl (C=O) groups is 1. The Morgan fingerprint density at radius 3 is 2.65 bits per heavy atom. The molecule has 0 aliphatic heterocycles. The highest BCUT2D eigenvalue weighted by Gasteiger charge is 2.29. The molecule has 1 fully saturated rings. The average Bonchev–Trinajstić information content (AvgIpc) is 2.44. The van der Waals surface area contributed by atoms with E-state index in [0.717, 1.165) is 38.1 Å². The van der Waals surface area contributed by atoms with Crippen LogP contribution in [0.4, 0.5) is 0 Å². The minimum Gasteiger partial charge on any atom is -0.353 e. The van der Waals surface area contributed by atoms with Crippen molar-refractivity contribution in [2.45, 2.75) is 77.7 Å². The first-order valence-corrected chi connectivity index (χ1v) is 8.63. The van der Waals surface area contributed by atoms with Gasteiger partial charge in [-0.2, -0.15) is 0 Å². The van der Waals surface area contributed by atoms with Crippen molar-refractivity contribution in [3.63, 3.8) is 0 Å². The first-order chi connectivity index (χ1) is 9.69. The van der Waals surface area contributed by atoms with Crippen molar-refractivity contribution in [1.29, 1.82) is 0 Å². The van der Waals surface area contributed by atoms with Crippen LogP contribution >= 0.6 is 0 Å². The predicted octanol–water partition coefficient (Wildman–Crippen LogP) is 3.49. The van der Waals surface area contributed by atoms with Crippen LogP contribution < -0.4 is 10.6 Å². The maximum Gasteiger partial charge on any atom is 0.220 e. The van der Waals surface area contributed by atoms with E-state index in [1.165, 1.54) is 25.7 Å². The van der Waals surface area contributed by atoms with Gasteiger partial charge in [-0.3, -0.25) is 4.79 Å². The Bertz CT molecular complexity index is 268. The van der Waals surface area contributed by atoms with E-state index >= 15 is 0 Å². The molecule has 2 N–H and O–H groups in total. The van der Waals surface area contributed by atoms with Crippen molar-refractivity contribution in [3.05, 3.63) is 0 Å². The largest absolute Gasteiger partial charge is 0.353 e. The molecule has 20 heavy (non-hydrogen) atoms. The molecule has 0 heterocycles. The number of nitrogens with one attached hydrogen (secondary N) is 2. The standard InChI is InChI=1S/C17H34N2O/c1-4-9-16(15-11-6-5-10-14(15)2)19-17(20)12-7-8-13-18-3/h14-16,18H,4-13H2,1-3H3,(H,19,20). The Hall–Kier alpha value is -0.570. The van der Waals surface area contributed by atoms with E-state index in [1.54, 1.807) is 0 Å². The van der Waals surface area contributed by atoms with Crippen molar-refractivity contribution in [2.24, 2.45) is 11.8 Å². The van der Waals surface area contributed by atoms with Gasteiger partial charge in [-0.1, -0.05) is 39.5 Å². The van der Waals surface area contributed by atoms with E-state index in [1.807, 2.05) is 7.05 Å². The molecule has 118 valence electrons. The summed E-state index contributed by atoms with van der Waals surface area (Å²) < 4.78 is 0. The summed E-state index contributed by atoms with van der Waals surface area (Å²) in [6.45, 7) is 5.59. The summed E-state index contributed by atoms with van der Waals surface area (Å²) in [4.78, 5) is 12.1. The average molecular weight is 282 g/mol. The minimum absolute atomic E-state index is 0.261. The molecule has 1 amide bonds. The van der Waals surface area contributed by atoms with E-state index in [0.29, 0.717) is 18.4 Å². The lowest BCUT2D eigenvalue weighted by Crippen LogP contribution is -2.43. The zero-order chi connectivity index (χ0) is 14.8. The van der Waals surface area contributed by atoms with Crippen molar-refractivity contribution in [3.8, 4) is 0 Å². The van der Waals surface area contributed by atoms with Crippen LogP contribution in [0.2, 0.25) is 0 Å². The zero-order valence-electron chi connectivity index (χ0n) is 13.7. The Kier molecular flexibility index (Phi) is 8.92. The molecule has 0 saturated heterocycles. The van der Waals surface area contributed by atoms with Gasteiger partial charge in [0.2, 0.25) is 5.91 Å². The number of rotatable bonds is 9. The third-order valence-electron chi connectivity index (χ3n) is 4.72. The molecule has 0 aromatic rings. The van der Waals surface area contributed by atoms with Crippen molar-refractivity contribution in [1.82, 2.24) is 10.6 Å². The lowest BCUT2D eigenvalue weighted by Gasteiger charge is -2.36. The molecule has 3 atom stereocenters. The van der Waals surface area contributed by atoms with E-state index < -0.39 is 0 Å². The van der Waals surface area contributed by atoms with Gasteiger partial charge in [-0.25, -0.2) is 0 Å². The van der Waals surface area contributed by atoms with Crippen LogP contribution in [0.5, 0.6) is 0 Å². The third kappa shape index (κ3) is 6.25. The highest BCUT2D eigenvalue weighted by molar-refractivity contribution is 5.76. The Morgan fingerprint density at radius 1 is 1.25 bits per heavy atom. The van der Waals surface area contributed by atoms with Gasteiger partial charge < -0.3 is 10.6 Å². The van der Waals surface area contributed by atoms with Crippen molar-refractivity contribution < 1.29 is 4.79 Å². The van der Waals surface area contributed by atoms with Gasteiger partial charge in [0, 0.05) is 12.5 Å². The van der Waals surface area contributed by atoms with Gasteiger partial charge in [0.25, 0.3) is 0 Å². The first kappa shape index (κ1) is 17.5. The van der Waals surface area contributed by atoms with Crippen molar-refractivity contribution >= 4 is 5.91 Å². The highest BCUT2D eigenvalue weighted by Crippen LogP contribution is 2.33. The second-order valence-electron chi connectivity index (χ2n) is 6.45. The van der Waals surface area contributed by atoms with Gasteiger partial charge in [-0.15, -0.1) is 0 Å². The lowest BCUT2D eigenvalue weighted by atomic mass is 9.75. The Balaban J connectivity index is 2.38. The van der Waals surface area contributed by atoms with Gasteiger partial charge in [0.15, 0.2) is 0 Å². The fraction of sp³-hybridized carbons (Fsp3) is 0.941. The summed E-state index contributed by atoms with van der Waals surface area (Å²) in [6, 6.07) is 0.409. The maximum atomic E-state index is 12.1. The second kappa shape index (κ2) is 10.2. The molecule has 0 bridgehead atoms. The molecule has 0 spiro atoms. The molecule has 3 heteroatoms. The molecule has 1 aliphatic rings. The van der Waals surface area contributed by atoms with Gasteiger partial charge in [0.05, 0.1) is 0 Å². The van der Waals surface area contributed by atoms with Crippen LogP contribution in [-0.2, 0) is 4.79 Å². The molecule has 0 aromatic carbocycles. The molecule has 0 radical (unpaired) electrons. The number of hydrogen-bond acceptors (Lipinski definition) is 2. The van der Waals surface area contributed by atoms with Crippen LogP contribution in [0.15, 0.2) is 0 Å². The minimum atomic E-state index is 0.261. The number of hydrogen-bond donors (Lipinski definition) is 2. The van der Waals surface area contributed by atoms with E-state index in [4.69, 9.17) is 0 Å².